The molecule has 0 amide bonds. The second-order valence-corrected chi connectivity index (χ2v) is 6.95. The van der Waals surface area contributed by atoms with Gasteiger partial charge in [-0.25, -0.2) is 4.98 Å². The Labute approximate surface area is 135 Å². The zero-order valence-corrected chi connectivity index (χ0v) is 14.4. The summed E-state index contributed by atoms with van der Waals surface area (Å²) in [5, 5.41) is 5.47. The van der Waals surface area contributed by atoms with Crippen LogP contribution >= 0.6 is 23.1 Å². The summed E-state index contributed by atoms with van der Waals surface area (Å²) in [5.74, 6) is 1.91. The second-order valence-electron chi connectivity index (χ2n) is 4.82. The summed E-state index contributed by atoms with van der Waals surface area (Å²) in [7, 11) is 2.00. The summed E-state index contributed by atoms with van der Waals surface area (Å²) in [6, 6.07) is 8.69. The van der Waals surface area contributed by atoms with Gasteiger partial charge in [-0.3, -0.25) is 0 Å². The van der Waals surface area contributed by atoms with E-state index < -0.39 is 0 Å². The predicted octanol–water partition coefficient (Wildman–Crippen LogP) is 4.29. The van der Waals surface area contributed by atoms with E-state index in [0.717, 1.165) is 34.6 Å². The molecule has 2 rings (SSSR count). The SMILES string of the molecule is CCCOc1ccc(C(CSc2nc(C)cs2)NC)cc1. The molecule has 21 heavy (non-hydrogen) atoms. The van der Waals surface area contributed by atoms with Gasteiger partial charge in [0.05, 0.1) is 6.61 Å². The number of hydrogen-bond donors (Lipinski definition) is 1. The van der Waals surface area contributed by atoms with Crippen LogP contribution < -0.4 is 10.1 Å². The number of benzene rings is 1. The topological polar surface area (TPSA) is 34.1 Å². The fraction of sp³-hybridized carbons (Fsp3) is 0.438. The van der Waals surface area contributed by atoms with Gasteiger partial charge in [0, 0.05) is 22.9 Å². The Morgan fingerprint density at radius 3 is 2.67 bits per heavy atom. The zero-order valence-electron chi connectivity index (χ0n) is 12.8. The lowest BCUT2D eigenvalue weighted by atomic mass is 10.1. The fourth-order valence-corrected chi connectivity index (χ4v) is 3.93. The zero-order chi connectivity index (χ0) is 15.1. The third-order valence-electron chi connectivity index (χ3n) is 3.08. The normalized spacial score (nSPS) is 12.3. The average molecular weight is 322 g/mol. The Kier molecular flexibility index (Phi) is 6.54. The molecule has 0 saturated heterocycles. The maximum Gasteiger partial charge on any atom is 0.150 e. The van der Waals surface area contributed by atoms with Crippen molar-refractivity contribution in [2.45, 2.75) is 30.6 Å². The van der Waals surface area contributed by atoms with Crippen molar-refractivity contribution in [3.05, 3.63) is 40.9 Å². The highest BCUT2D eigenvalue weighted by Crippen LogP contribution is 2.28. The van der Waals surface area contributed by atoms with Crippen LogP contribution in [-0.4, -0.2) is 24.4 Å². The van der Waals surface area contributed by atoms with E-state index in [1.165, 1.54) is 5.56 Å². The van der Waals surface area contributed by atoms with Gasteiger partial charge in [-0.2, -0.15) is 0 Å². The third-order valence-corrected chi connectivity index (χ3v) is 5.31. The minimum absolute atomic E-state index is 0.319. The van der Waals surface area contributed by atoms with E-state index >= 15 is 0 Å². The van der Waals surface area contributed by atoms with Crippen molar-refractivity contribution in [3.8, 4) is 5.75 Å². The van der Waals surface area contributed by atoms with Crippen LogP contribution in [0.4, 0.5) is 0 Å². The number of aromatic nitrogens is 1. The molecule has 1 heterocycles. The molecule has 0 aliphatic heterocycles. The lowest BCUT2D eigenvalue weighted by molar-refractivity contribution is 0.317. The van der Waals surface area contributed by atoms with E-state index in [1.54, 1.807) is 23.1 Å². The summed E-state index contributed by atoms with van der Waals surface area (Å²) in [4.78, 5) is 4.49. The first kappa shape index (κ1) is 16.3. The largest absolute Gasteiger partial charge is 0.494 e. The van der Waals surface area contributed by atoms with Gasteiger partial charge >= 0.3 is 0 Å². The number of hydrogen-bond acceptors (Lipinski definition) is 5. The molecule has 5 heteroatoms. The van der Waals surface area contributed by atoms with E-state index in [1.807, 2.05) is 26.1 Å². The highest BCUT2D eigenvalue weighted by atomic mass is 32.2. The van der Waals surface area contributed by atoms with E-state index in [4.69, 9.17) is 4.74 Å². The molecular formula is C16H22N2OS2. The molecule has 0 fully saturated rings. The van der Waals surface area contributed by atoms with Crippen molar-refractivity contribution in [3.63, 3.8) is 0 Å². The summed E-state index contributed by atoms with van der Waals surface area (Å²) >= 11 is 3.51. The first-order chi connectivity index (χ1) is 10.2. The Morgan fingerprint density at radius 1 is 1.33 bits per heavy atom. The summed E-state index contributed by atoms with van der Waals surface area (Å²) in [6.07, 6.45) is 1.03. The van der Waals surface area contributed by atoms with Crippen molar-refractivity contribution in [2.75, 3.05) is 19.4 Å². The third kappa shape index (κ3) is 5.02. The van der Waals surface area contributed by atoms with E-state index in [0.29, 0.717) is 6.04 Å². The Bertz CT molecular complexity index is 539. The standard InChI is InChI=1S/C16H22N2OS2/c1-4-9-19-14-7-5-13(6-8-14)15(17-3)11-21-16-18-12(2)10-20-16/h5-8,10,15,17H,4,9,11H2,1-3H3. The highest BCUT2D eigenvalue weighted by Gasteiger charge is 2.11. The molecule has 114 valence electrons. The number of ether oxygens (including phenoxy) is 1. The van der Waals surface area contributed by atoms with Crippen LogP contribution in [0.5, 0.6) is 5.75 Å². The van der Waals surface area contributed by atoms with Crippen molar-refractivity contribution < 1.29 is 4.74 Å². The Balaban J connectivity index is 1.93. The summed E-state index contributed by atoms with van der Waals surface area (Å²) < 4.78 is 6.76. The first-order valence-corrected chi connectivity index (χ1v) is 9.04. The van der Waals surface area contributed by atoms with Crippen LogP contribution in [0.1, 0.15) is 30.6 Å². The monoisotopic (exact) mass is 322 g/mol. The van der Waals surface area contributed by atoms with E-state index in [9.17, 15) is 0 Å². The Hall–Kier alpha value is -1.04. The maximum atomic E-state index is 5.62. The number of thioether (sulfide) groups is 1. The van der Waals surface area contributed by atoms with Gasteiger partial charge in [0.25, 0.3) is 0 Å². The lowest BCUT2D eigenvalue weighted by Crippen LogP contribution is -2.18. The van der Waals surface area contributed by atoms with Crippen LogP contribution in [0.2, 0.25) is 0 Å². The van der Waals surface area contributed by atoms with Crippen molar-refractivity contribution in [1.29, 1.82) is 0 Å². The maximum absolute atomic E-state index is 5.62. The first-order valence-electron chi connectivity index (χ1n) is 7.18. The van der Waals surface area contributed by atoms with Crippen LogP contribution in [0.3, 0.4) is 0 Å². The van der Waals surface area contributed by atoms with Crippen molar-refractivity contribution in [1.82, 2.24) is 10.3 Å². The van der Waals surface area contributed by atoms with E-state index in [-0.39, 0.29) is 0 Å². The second kappa shape index (κ2) is 8.41. The van der Waals surface area contributed by atoms with Crippen LogP contribution in [0.25, 0.3) is 0 Å². The van der Waals surface area contributed by atoms with Gasteiger partial charge in [0.1, 0.15) is 10.1 Å². The van der Waals surface area contributed by atoms with Gasteiger partial charge in [-0.05, 0) is 38.1 Å². The molecule has 3 nitrogen and oxygen atoms in total. The molecule has 0 radical (unpaired) electrons. The van der Waals surface area contributed by atoms with Gasteiger partial charge < -0.3 is 10.1 Å². The average Bonchev–Trinajstić information content (AvgIpc) is 2.92. The lowest BCUT2D eigenvalue weighted by Gasteiger charge is -2.16. The number of nitrogens with zero attached hydrogens (tertiary/aromatic N) is 1. The number of thiazole rings is 1. The molecule has 0 bridgehead atoms. The molecule has 1 aromatic carbocycles. The fourth-order valence-electron chi connectivity index (χ4n) is 1.92. The van der Waals surface area contributed by atoms with Crippen molar-refractivity contribution in [2.24, 2.45) is 0 Å². The van der Waals surface area contributed by atoms with Gasteiger partial charge in [-0.1, -0.05) is 30.8 Å². The Morgan fingerprint density at radius 2 is 2.10 bits per heavy atom. The van der Waals surface area contributed by atoms with E-state index in [2.05, 4.69) is 34.7 Å². The molecule has 2 aromatic rings. The summed E-state index contributed by atoms with van der Waals surface area (Å²) in [6.45, 7) is 4.92. The molecule has 1 atom stereocenters. The predicted molar refractivity (Wildman–Crippen MR) is 91.6 cm³/mol. The smallest absolute Gasteiger partial charge is 0.150 e. The molecule has 1 N–H and O–H groups in total. The minimum Gasteiger partial charge on any atom is -0.494 e. The number of rotatable bonds is 8. The van der Waals surface area contributed by atoms with Crippen molar-refractivity contribution >= 4 is 23.1 Å². The van der Waals surface area contributed by atoms with Gasteiger partial charge in [-0.15, -0.1) is 11.3 Å². The van der Waals surface area contributed by atoms with Crippen LogP contribution in [0, 0.1) is 6.92 Å². The number of aryl methyl sites for hydroxylation is 1. The molecule has 1 aromatic heterocycles. The quantitative estimate of drug-likeness (QED) is 0.735. The number of nitrogens with one attached hydrogen (secondary N) is 1. The van der Waals surface area contributed by atoms with Crippen LogP contribution in [-0.2, 0) is 0 Å². The molecule has 0 saturated carbocycles. The molecular weight excluding hydrogens is 300 g/mol. The molecule has 0 aliphatic carbocycles. The molecule has 0 spiro atoms. The van der Waals surface area contributed by atoms with Gasteiger partial charge in [0.15, 0.2) is 0 Å². The molecule has 0 aliphatic rings. The highest BCUT2D eigenvalue weighted by molar-refractivity contribution is 8.01. The summed E-state index contributed by atoms with van der Waals surface area (Å²) in [5.41, 5.74) is 2.38. The van der Waals surface area contributed by atoms with Crippen LogP contribution in [0.15, 0.2) is 34.0 Å². The van der Waals surface area contributed by atoms with Gasteiger partial charge in [0.2, 0.25) is 0 Å². The minimum atomic E-state index is 0.319. The molecule has 1 unspecified atom stereocenters.